The van der Waals surface area contributed by atoms with E-state index in [-0.39, 0.29) is 0 Å². The predicted molar refractivity (Wildman–Crippen MR) is 121 cm³/mol. The van der Waals surface area contributed by atoms with E-state index in [0.29, 0.717) is 29.5 Å². The highest BCUT2D eigenvalue weighted by Gasteiger charge is 2.29. The van der Waals surface area contributed by atoms with Crippen LogP contribution in [0, 0.1) is 0 Å². The summed E-state index contributed by atoms with van der Waals surface area (Å²) in [5, 5.41) is 2.93. The van der Waals surface area contributed by atoms with E-state index in [1.54, 1.807) is 36.4 Å². The molecule has 0 aromatic heterocycles. The predicted octanol–water partition coefficient (Wildman–Crippen LogP) is 7.32. The number of anilines is 1. The SMILES string of the molecule is CCCCCCOc1cccc(NP(=O)(Oc2ccccc2)Oc2ccccc2)c1. The Balaban J connectivity index is 1.72. The molecule has 158 valence electrons. The molecule has 0 radical (unpaired) electrons. The smallest absolute Gasteiger partial charge is 0.494 e. The number of benzene rings is 3. The Morgan fingerprint density at radius 3 is 1.93 bits per heavy atom. The van der Waals surface area contributed by atoms with Crippen molar-refractivity contribution >= 4 is 13.4 Å². The second kappa shape index (κ2) is 11.3. The molecule has 0 fully saturated rings. The van der Waals surface area contributed by atoms with E-state index in [0.717, 1.165) is 12.8 Å². The number of rotatable bonds is 12. The van der Waals surface area contributed by atoms with E-state index >= 15 is 0 Å². The second-order valence-corrected chi connectivity index (χ2v) is 8.44. The third-order valence-corrected chi connectivity index (χ3v) is 5.74. The van der Waals surface area contributed by atoms with Crippen molar-refractivity contribution < 1.29 is 18.3 Å². The molecule has 30 heavy (non-hydrogen) atoms. The van der Waals surface area contributed by atoms with Crippen molar-refractivity contribution in [2.75, 3.05) is 11.7 Å². The van der Waals surface area contributed by atoms with Gasteiger partial charge in [-0.05, 0) is 42.8 Å². The zero-order chi connectivity index (χ0) is 21.1. The molecule has 0 spiro atoms. The lowest BCUT2D eigenvalue weighted by atomic mass is 10.2. The minimum atomic E-state index is -3.75. The molecule has 0 heterocycles. The summed E-state index contributed by atoms with van der Waals surface area (Å²) in [6.45, 7) is 2.84. The fourth-order valence-electron chi connectivity index (χ4n) is 2.84. The summed E-state index contributed by atoms with van der Waals surface area (Å²) in [6, 6.07) is 25.3. The van der Waals surface area contributed by atoms with Gasteiger partial charge in [0, 0.05) is 11.8 Å². The largest absolute Gasteiger partial charge is 0.541 e. The number of unbranched alkanes of at least 4 members (excludes halogenated alkanes) is 3. The summed E-state index contributed by atoms with van der Waals surface area (Å²) in [7, 11) is -3.75. The van der Waals surface area contributed by atoms with Crippen LogP contribution in [0.3, 0.4) is 0 Å². The summed E-state index contributed by atoms with van der Waals surface area (Å²) in [6.07, 6.45) is 4.57. The van der Waals surface area contributed by atoms with Gasteiger partial charge in [-0.1, -0.05) is 68.7 Å². The summed E-state index contributed by atoms with van der Waals surface area (Å²) >= 11 is 0. The van der Waals surface area contributed by atoms with Crippen LogP contribution in [0.1, 0.15) is 32.6 Å². The van der Waals surface area contributed by atoms with E-state index in [4.69, 9.17) is 13.8 Å². The summed E-state index contributed by atoms with van der Waals surface area (Å²) in [5.41, 5.74) is 0.594. The maximum Gasteiger partial charge on any atom is 0.541 e. The van der Waals surface area contributed by atoms with Gasteiger partial charge in [0.1, 0.15) is 17.2 Å². The molecule has 0 atom stereocenters. The van der Waals surface area contributed by atoms with Crippen LogP contribution >= 0.6 is 7.75 Å². The molecular weight excluding hydrogens is 397 g/mol. The van der Waals surface area contributed by atoms with Crippen LogP contribution in [0.2, 0.25) is 0 Å². The van der Waals surface area contributed by atoms with E-state index in [2.05, 4.69) is 12.0 Å². The van der Waals surface area contributed by atoms with Gasteiger partial charge in [0.15, 0.2) is 0 Å². The molecule has 3 rings (SSSR count). The lowest BCUT2D eigenvalue weighted by molar-refractivity contribution is 0.305. The highest BCUT2D eigenvalue weighted by molar-refractivity contribution is 7.56. The quantitative estimate of drug-likeness (QED) is 0.243. The molecule has 0 amide bonds. The Hall–Kier alpha value is -2.91. The number of hydrogen-bond donors (Lipinski definition) is 1. The highest BCUT2D eigenvalue weighted by Crippen LogP contribution is 2.48. The summed E-state index contributed by atoms with van der Waals surface area (Å²) < 4.78 is 30.9. The third kappa shape index (κ3) is 7.16. The zero-order valence-electron chi connectivity index (χ0n) is 17.2. The van der Waals surface area contributed by atoms with Gasteiger partial charge in [-0.2, -0.15) is 0 Å². The number of hydrogen-bond acceptors (Lipinski definition) is 4. The molecule has 0 aliphatic heterocycles. The molecule has 0 bridgehead atoms. The minimum Gasteiger partial charge on any atom is -0.494 e. The minimum absolute atomic E-state index is 0.451. The zero-order valence-corrected chi connectivity index (χ0v) is 18.1. The van der Waals surface area contributed by atoms with E-state index in [1.807, 2.05) is 48.5 Å². The Bertz CT molecular complexity index is 889. The molecule has 0 unspecified atom stereocenters. The number of para-hydroxylation sites is 2. The standard InChI is InChI=1S/C24H28NO4P/c1-2-3-4-11-19-27-24-18-12-13-21(20-24)25-30(26,28-22-14-7-5-8-15-22)29-23-16-9-6-10-17-23/h5-10,12-18,20H,2-4,11,19H2,1H3,(H,25,26). The van der Waals surface area contributed by atoms with Gasteiger partial charge in [-0.3, -0.25) is 5.09 Å². The molecule has 0 aliphatic rings. The molecule has 1 N–H and O–H groups in total. The van der Waals surface area contributed by atoms with Crippen LogP contribution in [0.4, 0.5) is 5.69 Å². The van der Waals surface area contributed by atoms with Crippen LogP contribution in [-0.2, 0) is 4.57 Å². The maximum absolute atomic E-state index is 13.6. The van der Waals surface area contributed by atoms with Crippen molar-refractivity contribution in [3.05, 3.63) is 84.9 Å². The van der Waals surface area contributed by atoms with Gasteiger partial charge in [0.25, 0.3) is 0 Å². The molecule has 6 heteroatoms. The van der Waals surface area contributed by atoms with Crippen molar-refractivity contribution in [1.82, 2.24) is 0 Å². The lowest BCUT2D eigenvalue weighted by Crippen LogP contribution is -2.10. The molecule has 0 saturated heterocycles. The first-order chi connectivity index (χ1) is 14.7. The monoisotopic (exact) mass is 425 g/mol. The fourth-order valence-corrected chi connectivity index (χ4v) is 4.22. The molecular formula is C24H28NO4P. The Kier molecular flexibility index (Phi) is 8.22. The summed E-state index contributed by atoms with van der Waals surface area (Å²) in [4.78, 5) is 0. The van der Waals surface area contributed by atoms with Gasteiger partial charge < -0.3 is 13.8 Å². The number of nitrogens with one attached hydrogen (secondary N) is 1. The average Bonchev–Trinajstić information content (AvgIpc) is 2.75. The molecule has 3 aromatic carbocycles. The first-order valence-electron chi connectivity index (χ1n) is 10.3. The van der Waals surface area contributed by atoms with Crippen LogP contribution in [-0.4, -0.2) is 6.61 Å². The van der Waals surface area contributed by atoms with Gasteiger partial charge in [-0.15, -0.1) is 0 Å². The normalized spacial score (nSPS) is 11.0. The van der Waals surface area contributed by atoms with E-state index in [9.17, 15) is 4.57 Å². The third-order valence-electron chi connectivity index (χ3n) is 4.30. The Morgan fingerprint density at radius 2 is 1.33 bits per heavy atom. The van der Waals surface area contributed by atoms with Gasteiger partial charge in [-0.25, -0.2) is 4.57 Å². The highest BCUT2D eigenvalue weighted by atomic mass is 31.2. The van der Waals surface area contributed by atoms with Gasteiger partial charge >= 0.3 is 7.75 Å². The lowest BCUT2D eigenvalue weighted by Gasteiger charge is -2.21. The van der Waals surface area contributed by atoms with Crippen molar-refractivity contribution in [2.24, 2.45) is 0 Å². The molecule has 0 saturated carbocycles. The molecule has 0 aliphatic carbocycles. The van der Waals surface area contributed by atoms with Gasteiger partial charge in [0.05, 0.1) is 6.61 Å². The van der Waals surface area contributed by atoms with Crippen LogP contribution in [0.25, 0.3) is 0 Å². The van der Waals surface area contributed by atoms with E-state index in [1.165, 1.54) is 12.8 Å². The topological polar surface area (TPSA) is 56.8 Å². The van der Waals surface area contributed by atoms with Crippen LogP contribution < -0.4 is 18.9 Å². The fraction of sp³-hybridized carbons (Fsp3) is 0.250. The van der Waals surface area contributed by atoms with Crippen molar-refractivity contribution in [3.63, 3.8) is 0 Å². The second-order valence-electron chi connectivity index (χ2n) is 6.85. The van der Waals surface area contributed by atoms with Crippen LogP contribution in [0.15, 0.2) is 84.9 Å². The number of ether oxygens (including phenoxy) is 1. The Morgan fingerprint density at radius 1 is 0.733 bits per heavy atom. The van der Waals surface area contributed by atoms with Crippen LogP contribution in [0.5, 0.6) is 17.2 Å². The van der Waals surface area contributed by atoms with E-state index < -0.39 is 7.75 Å². The van der Waals surface area contributed by atoms with Crippen molar-refractivity contribution in [1.29, 1.82) is 0 Å². The summed E-state index contributed by atoms with van der Waals surface area (Å²) in [5.74, 6) is 1.61. The average molecular weight is 425 g/mol. The van der Waals surface area contributed by atoms with Gasteiger partial charge in [0.2, 0.25) is 0 Å². The Labute approximate surface area is 178 Å². The molecule has 3 aromatic rings. The van der Waals surface area contributed by atoms with Crippen molar-refractivity contribution in [3.8, 4) is 17.2 Å². The maximum atomic E-state index is 13.6. The first kappa shape index (κ1) is 21.8. The van der Waals surface area contributed by atoms with Crippen molar-refractivity contribution in [2.45, 2.75) is 32.6 Å². The molecule has 5 nitrogen and oxygen atoms in total. The first-order valence-corrected chi connectivity index (χ1v) is 11.8.